The molecule has 3 heterocycles. The maximum Gasteiger partial charge on any atom is 0.343 e. The van der Waals surface area contributed by atoms with Gasteiger partial charge in [-0.2, -0.15) is 5.10 Å². The number of carbonyl (C=O) groups excluding carboxylic acids is 2. The van der Waals surface area contributed by atoms with Gasteiger partial charge in [-0.25, -0.2) is 28.6 Å². The molecule has 1 fully saturated rings. The van der Waals surface area contributed by atoms with Gasteiger partial charge in [0.2, 0.25) is 5.13 Å². The molecule has 0 saturated carbocycles. The number of carbonyl (C=O) groups is 2. The number of thiazole rings is 1. The minimum Gasteiger partial charge on any atom is -0.494 e. The highest BCUT2D eigenvalue weighted by Crippen LogP contribution is 2.36. The fraction of sp³-hybridized carbons (Fsp3) is 0.431. The molecule has 1 aliphatic rings. The van der Waals surface area contributed by atoms with Gasteiger partial charge in [0.15, 0.2) is 0 Å². The van der Waals surface area contributed by atoms with Crippen LogP contribution in [-0.4, -0.2) is 74.2 Å². The third-order valence-electron chi connectivity index (χ3n) is 12.7. The maximum atomic E-state index is 17.3. The van der Waals surface area contributed by atoms with Gasteiger partial charge < -0.3 is 24.3 Å². The lowest BCUT2D eigenvalue weighted by Gasteiger charge is -2.37. The van der Waals surface area contributed by atoms with E-state index in [1.165, 1.54) is 92.8 Å². The summed E-state index contributed by atoms with van der Waals surface area (Å²) in [6.07, 6.45) is 18.4. The van der Waals surface area contributed by atoms with E-state index < -0.39 is 17.6 Å². The van der Waals surface area contributed by atoms with Crippen molar-refractivity contribution in [2.45, 2.75) is 111 Å². The Morgan fingerprint density at radius 3 is 2.12 bits per heavy atom. The maximum absolute atomic E-state index is 17.3. The summed E-state index contributed by atoms with van der Waals surface area (Å²) < 4.78 is 56.4. The lowest BCUT2D eigenvalue weighted by atomic mass is 9.90. The van der Waals surface area contributed by atoms with Gasteiger partial charge in [0.25, 0.3) is 5.91 Å². The second-order valence-corrected chi connectivity index (χ2v) is 19.9. The van der Waals surface area contributed by atoms with E-state index in [0.29, 0.717) is 60.5 Å². The molecule has 4 aromatic carbocycles. The number of fused-ring (bicyclic) bond motifs is 1. The molecule has 0 bridgehead atoms. The molecule has 14 heteroatoms. The van der Waals surface area contributed by atoms with Crippen LogP contribution in [-0.2, 0) is 9.47 Å². The minimum absolute atomic E-state index is 0.0559. The molecule has 1 N–H and O–H groups in total. The van der Waals surface area contributed by atoms with E-state index in [1.807, 2.05) is 12.1 Å². The lowest BCUT2D eigenvalue weighted by molar-refractivity contribution is -0.138. The van der Waals surface area contributed by atoms with Gasteiger partial charge in [0.1, 0.15) is 33.5 Å². The topological polar surface area (TPSA) is 124 Å². The molecule has 1 aliphatic heterocycles. The van der Waals surface area contributed by atoms with Crippen molar-refractivity contribution in [3.63, 3.8) is 0 Å². The van der Waals surface area contributed by atoms with Gasteiger partial charge in [0.05, 0.1) is 43.8 Å². The van der Waals surface area contributed by atoms with Crippen LogP contribution in [0.25, 0.3) is 32.6 Å². The third kappa shape index (κ3) is 15.5. The Kier molecular flexibility index (Phi) is 20.6. The van der Waals surface area contributed by atoms with Gasteiger partial charge in [-0.15, -0.1) is 0 Å². The highest BCUT2D eigenvalue weighted by atomic mass is 32.1. The number of unbranched alkanes of at least 4 members (excludes halogenated alkanes) is 11. The molecule has 1 amide bonds. The Morgan fingerprint density at radius 2 is 1.44 bits per heavy atom. The Balaban J connectivity index is 1.07. The summed E-state index contributed by atoms with van der Waals surface area (Å²) in [6, 6.07) is 24.5. The zero-order valence-electron chi connectivity index (χ0n) is 42.1. The van der Waals surface area contributed by atoms with Crippen molar-refractivity contribution in [1.29, 1.82) is 0 Å². The first kappa shape index (κ1) is 53.7. The number of ether oxygens (including phenoxy) is 4. The summed E-state index contributed by atoms with van der Waals surface area (Å²) in [4.78, 5) is 36.1. The van der Waals surface area contributed by atoms with Crippen molar-refractivity contribution in [2.24, 2.45) is 10.5 Å². The molecular weight excluding hydrogens is 933 g/mol. The molecular formula is C58H69F2N5O6S. The van der Waals surface area contributed by atoms with Gasteiger partial charge in [-0.05, 0) is 109 Å². The number of esters is 1. The van der Waals surface area contributed by atoms with Gasteiger partial charge in [-0.1, -0.05) is 121 Å². The lowest BCUT2D eigenvalue weighted by Crippen LogP contribution is -2.43. The Labute approximate surface area is 427 Å². The first-order valence-corrected chi connectivity index (χ1v) is 26.6. The van der Waals surface area contributed by atoms with E-state index >= 15 is 8.78 Å². The molecule has 382 valence electrons. The fourth-order valence-corrected chi connectivity index (χ4v) is 9.28. The van der Waals surface area contributed by atoms with Crippen molar-refractivity contribution in [3.05, 3.63) is 126 Å². The molecule has 0 aliphatic carbocycles. The van der Waals surface area contributed by atoms with Gasteiger partial charge in [0, 0.05) is 42.4 Å². The van der Waals surface area contributed by atoms with Crippen molar-refractivity contribution in [1.82, 2.24) is 15.3 Å². The number of rotatable bonds is 30. The molecule has 0 atom stereocenters. The number of pyridine rings is 1. The first-order valence-electron chi connectivity index (χ1n) is 25.8. The quantitative estimate of drug-likeness (QED) is 0.0154. The Bertz CT molecular complexity index is 2640. The SMILES string of the molecule is CCCCCCCCCCCCN(/N=C/c1c(-c2ccc(C(=O)NCCCC)cc2)cc(F)c(-c2ccc(OC(=O)c3ccc(OCCCCOCC4(C)COC4)cc3)cc2)c1F)c1nc2cccnc2s1. The van der Waals surface area contributed by atoms with Crippen LogP contribution in [0.2, 0.25) is 0 Å². The molecule has 6 aromatic rings. The van der Waals surface area contributed by atoms with Gasteiger partial charge in [-0.3, -0.25) is 4.79 Å². The van der Waals surface area contributed by atoms with E-state index in [9.17, 15) is 9.59 Å². The van der Waals surface area contributed by atoms with E-state index in [4.69, 9.17) is 29.0 Å². The largest absolute Gasteiger partial charge is 0.494 e. The number of hydrazone groups is 1. The molecule has 7 rings (SSSR count). The van der Waals surface area contributed by atoms with Crippen LogP contribution in [0.5, 0.6) is 11.5 Å². The fourth-order valence-electron chi connectivity index (χ4n) is 8.39. The van der Waals surface area contributed by atoms with Crippen LogP contribution in [0.15, 0.2) is 102 Å². The highest BCUT2D eigenvalue weighted by molar-refractivity contribution is 7.21. The Morgan fingerprint density at radius 1 is 0.792 bits per heavy atom. The number of nitrogens with one attached hydrogen (secondary N) is 1. The average molecular weight is 1000 g/mol. The average Bonchev–Trinajstić information content (AvgIpc) is 3.82. The minimum atomic E-state index is -0.825. The normalized spacial score (nSPS) is 13.1. The molecule has 0 radical (unpaired) electrons. The predicted molar refractivity (Wildman–Crippen MR) is 285 cm³/mol. The highest BCUT2D eigenvalue weighted by Gasteiger charge is 2.33. The number of aromatic nitrogens is 2. The number of nitrogens with zero attached hydrogens (tertiary/aromatic N) is 4. The van der Waals surface area contributed by atoms with Crippen LogP contribution in [0.3, 0.4) is 0 Å². The number of hydrogen-bond donors (Lipinski definition) is 1. The summed E-state index contributed by atoms with van der Waals surface area (Å²) in [7, 11) is 0. The number of halogens is 2. The third-order valence-corrected chi connectivity index (χ3v) is 13.7. The number of hydrogen-bond acceptors (Lipinski definition) is 11. The van der Waals surface area contributed by atoms with Crippen LogP contribution in [0, 0.1) is 17.0 Å². The Hall–Kier alpha value is -6.09. The van der Waals surface area contributed by atoms with Crippen molar-refractivity contribution in [2.75, 3.05) is 51.1 Å². The summed E-state index contributed by atoms with van der Waals surface area (Å²) in [5.41, 5.74) is 2.42. The molecule has 72 heavy (non-hydrogen) atoms. The standard InChI is InChI=1S/C58H69F2N5O6S/c1-4-6-8-9-10-11-12-13-14-15-34-65(57-64-51-19-18-33-62-55(51)72-57)63-38-49-48(42-20-22-44(23-21-42)54(66)61-32-7-5-2)37-50(59)52(53(49)60)43-24-30-47(31-25-43)71-56(67)45-26-28-46(29-27-45)70-36-17-16-35-68-39-58(3)40-69-41-58/h18-31,33,37-38H,4-17,32,34-36,39-41H2,1-3H3,(H,61,66)/b63-38+. The summed E-state index contributed by atoms with van der Waals surface area (Å²) in [5, 5.41) is 10.2. The molecule has 2 aromatic heterocycles. The zero-order chi connectivity index (χ0) is 50.5. The van der Waals surface area contributed by atoms with Crippen molar-refractivity contribution < 1.29 is 37.3 Å². The number of anilines is 1. The summed E-state index contributed by atoms with van der Waals surface area (Å²) in [5.74, 6) is -1.59. The van der Waals surface area contributed by atoms with E-state index in [0.717, 1.165) is 68.5 Å². The second kappa shape index (κ2) is 27.7. The van der Waals surface area contributed by atoms with Crippen LogP contribution >= 0.6 is 11.3 Å². The van der Waals surface area contributed by atoms with Crippen molar-refractivity contribution >= 4 is 44.9 Å². The van der Waals surface area contributed by atoms with Crippen LogP contribution in [0.4, 0.5) is 13.9 Å². The molecule has 1 saturated heterocycles. The predicted octanol–water partition coefficient (Wildman–Crippen LogP) is 14.0. The molecule has 0 unspecified atom stereocenters. The first-order chi connectivity index (χ1) is 35.1. The van der Waals surface area contributed by atoms with E-state index in [-0.39, 0.29) is 39.3 Å². The molecule has 0 spiro atoms. The van der Waals surface area contributed by atoms with E-state index in [1.54, 1.807) is 59.7 Å². The van der Waals surface area contributed by atoms with Crippen LogP contribution < -0.4 is 19.8 Å². The summed E-state index contributed by atoms with van der Waals surface area (Å²) >= 11 is 1.40. The summed E-state index contributed by atoms with van der Waals surface area (Å²) in [6.45, 7) is 10.9. The monoisotopic (exact) mass is 1000 g/mol. The zero-order valence-corrected chi connectivity index (χ0v) is 42.9. The number of amides is 1. The van der Waals surface area contributed by atoms with E-state index in [2.05, 4.69) is 31.1 Å². The van der Waals surface area contributed by atoms with Crippen molar-refractivity contribution in [3.8, 4) is 33.8 Å². The smallest absolute Gasteiger partial charge is 0.343 e. The van der Waals surface area contributed by atoms with Gasteiger partial charge >= 0.3 is 5.97 Å². The number of benzene rings is 4. The molecule has 11 nitrogen and oxygen atoms in total. The van der Waals surface area contributed by atoms with Crippen LogP contribution in [0.1, 0.15) is 137 Å². The second-order valence-electron chi connectivity index (χ2n) is 18.9.